The molecule has 0 unspecified atom stereocenters. The molecule has 0 aliphatic heterocycles. The lowest BCUT2D eigenvalue weighted by Crippen LogP contribution is -1.90. The van der Waals surface area contributed by atoms with E-state index in [9.17, 15) is 4.39 Å². The van der Waals surface area contributed by atoms with Crippen LogP contribution in [0, 0.1) is 24.2 Å². The SMILES string of the molecule is Cc1ccc(C#N)cc1Oc1ccnc(F)c1. The van der Waals surface area contributed by atoms with Gasteiger partial charge in [0.25, 0.3) is 0 Å². The highest BCUT2D eigenvalue weighted by Gasteiger charge is 2.04. The van der Waals surface area contributed by atoms with E-state index in [-0.39, 0.29) is 0 Å². The average molecular weight is 228 g/mol. The number of nitriles is 1. The van der Waals surface area contributed by atoms with E-state index in [1.807, 2.05) is 13.0 Å². The van der Waals surface area contributed by atoms with E-state index in [1.54, 1.807) is 24.3 Å². The van der Waals surface area contributed by atoms with Gasteiger partial charge in [0.1, 0.15) is 11.5 Å². The fourth-order valence-corrected chi connectivity index (χ4v) is 1.35. The molecule has 0 N–H and O–H groups in total. The molecule has 0 radical (unpaired) electrons. The zero-order chi connectivity index (χ0) is 12.3. The minimum atomic E-state index is -0.600. The number of rotatable bonds is 2. The van der Waals surface area contributed by atoms with E-state index in [4.69, 9.17) is 10.00 Å². The zero-order valence-corrected chi connectivity index (χ0v) is 9.14. The molecule has 0 bridgehead atoms. The predicted molar refractivity (Wildman–Crippen MR) is 60.2 cm³/mol. The minimum absolute atomic E-state index is 0.357. The van der Waals surface area contributed by atoms with Crippen LogP contribution in [0.2, 0.25) is 0 Å². The summed E-state index contributed by atoms with van der Waals surface area (Å²) in [5.74, 6) is 0.293. The number of aromatic nitrogens is 1. The van der Waals surface area contributed by atoms with E-state index in [0.29, 0.717) is 17.1 Å². The Morgan fingerprint density at radius 1 is 1.29 bits per heavy atom. The second-order valence-electron chi connectivity index (χ2n) is 3.51. The van der Waals surface area contributed by atoms with Crippen molar-refractivity contribution in [2.24, 2.45) is 0 Å². The Hall–Kier alpha value is -2.41. The second kappa shape index (κ2) is 4.62. The molecule has 84 valence electrons. The summed E-state index contributed by atoms with van der Waals surface area (Å²) < 4.78 is 18.4. The van der Waals surface area contributed by atoms with Crippen LogP contribution in [0.5, 0.6) is 11.5 Å². The number of hydrogen-bond acceptors (Lipinski definition) is 3. The maximum Gasteiger partial charge on any atom is 0.216 e. The molecule has 0 saturated heterocycles. The largest absolute Gasteiger partial charge is 0.457 e. The van der Waals surface area contributed by atoms with Crippen LogP contribution in [0.15, 0.2) is 36.5 Å². The molecular weight excluding hydrogens is 219 g/mol. The Morgan fingerprint density at radius 3 is 2.82 bits per heavy atom. The van der Waals surface area contributed by atoms with Gasteiger partial charge in [-0.25, -0.2) is 4.98 Å². The molecule has 0 amide bonds. The van der Waals surface area contributed by atoms with Gasteiger partial charge in [0, 0.05) is 12.3 Å². The van der Waals surface area contributed by atoms with Crippen molar-refractivity contribution >= 4 is 0 Å². The summed E-state index contributed by atoms with van der Waals surface area (Å²) >= 11 is 0. The molecule has 4 heteroatoms. The monoisotopic (exact) mass is 228 g/mol. The molecule has 0 aliphatic carbocycles. The van der Waals surface area contributed by atoms with E-state index in [0.717, 1.165) is 5.56 Å². The van der Waals surface area contributed by atoms with E-state index in [1.165, 1.54) is 12.3 Å². The first-order valence-corrected chi connectivity index (χ1v) is 4.99. The third kappa shape index (κ3) is 2.58. The number of ether oxygens (including phenoxy) is 1. The highest BCUT2D eigenvalue weighted by Crippen LogP contribution is 2.25. The lowest BCUT2D eigenvalue weighted by Gasteiger charge is -2.08. The van der Waals surface area contributed by atoms with Gasteiger partial charge in [-0.3, -0.25) is 0 Å². The zero-order valence-electron chi connectivity index (χ0n) is 9.14. The van der Waals surface area contributed by atoms with Gasteiger partial charge in [-0.2, -0.15) is 9.65 Å². The van der Waals surface area contributed by atoms with Crippen molar-refractivity contribution in [3.63, 3.8) is 0 Å². The van der Waals surface area contributed by atoms with E-state index < -0.39 is 5.95 Å². The summed E-state index contributed by atoms with van der Waals surface area (Å²) in [7, 11) is 0. The fourth-order valence-electron chi connectivity index (χ4n) is 1.35. The third-order valence-electron chi connectivity index (χ3n) is 2.24. The Bertz CT molecular complexity index is 590. The topological polar surface area (TPSA) is 45.9 Å². The van der Waals surface area contributed by atoms with Crippen LogP contribution >= 0.6 is 0 Å². The van der Waals surface area contributed by atoms with Crippen molar-refractivity contribution < 1.29 is 9.13 Å². The van der Waals surface area contributed by atoms with Crippen LogP contribution in [0.25, 0.3) is 0 Å². The molecule has 0 aliphatic rings. The number of hydrogen-bond donors (Lipinski definition) is 0. The molecule has 1 aromatic heterocycles. The molecule has 0 spiro atoms. The van der Waals surface area contributed by atoms with Crippen LogP contribution in [0.3, 0.4) is 0 Å². The predicted octanol–water partition coefficient (Wildman–Crippen LogP) is 3.19. The van der Waals surface area contributed by atoms with Gasteiger partial charge in [0.15, 0.2) is 0 Å². The maximum absolute atomic E-state index is 12.9. The lowest BCUT2D eigenvalue weighted by molar-refractivity contribution is 0.468. The third-order valence-corrected chi connectivity index (χ3v) is 2.24. The van der Waals surface area contributed by atoms with Gasteiger partial charge < -0.3 is 4.74 Å². The van der Waals surface area contributed by atoms with Gasteiger partial charge in [0.2, 0.25) is 5.95 Å². The van der Waals surface area contributed by atoms with Crippen LogP contribution in [-0.2, 0) is 0 Å². The summed E-state index contributed by atoms with van der Waals surface area (Å²) in [4.78, 5) is 3.44. The minimum Gasteiger partial charge on any atom is -0.457 e. The van der Waals surface area contributed by atoms with Crippen LogP contribution in [0.1, 0.15) is 11.1 Å². The first-order valence-electron chi connectivity index (χ1n) is 4.99. The lowest BCUT2D eigenvalue weighted by atomic mass is 10.1. The molecule has 0 atom stereocenters. The van der Waals surface area contributed by atoms with E-state index >= 15 is 0 Å². The molecule has 17 heavy (non-hydrogen) atoms. The Balaban J connectivity index is 2.33. The average Bonchev–Trinajstić information content (AvgIpc) is 2.32. The van der Waals surface area contributed by atoms with Gasteiger partial charge in [-0.15, -0.1) is 0 Å². The molecule has 0 saturated carbocycles. The number of halogens is 1. The first-order chi connectivity index (χ1) is 8.19. The molecule has 3 nitrogen and oxygen atoms in total. The normalized spacial score (nSPS) is 9.71. The quantitative estimate of drug-likeness (QED) is 0.741. The molecule has 1 heterocycles. The number of nitrogens with zero attached hydrogens (tertiary/aromatic N) is 2. The van der Waals surface area contributed by atoms with Gasteiger partial charge in [-0.05, 0) is 30.7 Å². The standard InChI is InChI=1S/C13H9FN2O/c1-9-2-3-10(8-15)6-12(9)17-11-4-5-16-13(14)7-11/h2-7H,1H3. The summed E-state index contributed by atoms with van der Waals surface area (Å²) in [5.41, 5.74) is 1.38. The number of aryl methyl sites for hydroxylation is 1. The van der Waals surface area contributed by atoms with Gasteiger partial charge in [0.05, 0.1) is 11.6 Å². The Labute approximate surface area is 98.1 Å². The van der Waals surface area contributed by atoms with E-state index in [2.05, 4.69) is 4.98 Å². The first kappa shape index (κ1) is 11.1. The van der Waals surface area contributed by atoms with Crippen LogP contribution in [-0.4, -0.2) is 4.98 Å². The Morgan fingerprint density at radius 2 is 2.12 bits per heavy atom. The molecule has 0 fully saturated rings. The van der Waals surface area contributed by atoms with Crippen LogP contribution < -0.4 is 4.74 Å². The maximum atomic E-state index is 12.9. The van der Waals surface area contributed by atoms with Crippen molar-refractivity contribution in [3.05, 3.63) is 53.6 Å². The number of pyridine rings is 1. The summed E-state index contributed by atoms with van der Waals surface area (Å²) in [5, 5.41) is 8.79. The molecule has 1 aromatic carbocycles. The molecule has 2 aromatic rings. The summed E-state index contributed by atoms with van der Waals surface area (Å²) in [6.07, 6.45) is 1.33. The highest BCUT2D eigenvalue weighted by molar-refractivity contribution is 5.43. The van der Waals surface area contributed by atoms with Gasteiger partial charge >= 0.3 is 0 Å². The van der Waals surface area contributed by atoms with Gasteiger partial charge in [-0.1, -0.05) is 6.07 Å². The fraction of sp³-hybridized carbons (Fsp3) is 0.0769. The smallest absolute Gasteiger partial charge is 0.216 e. The van der Waals surface area contributed by atoms with Crippen molar-refractivity contribution in [3.8, 4) is 17.6 Å². The van der Waals surface area contributed by atoms with Crippen molar-refractivity contribution in [2.75, 3.05) is 0 Å². The van der Waals surface area contributed by atoms with Crippen molar-refractivity contribution in [1.29, 1.82) is 5.26 Å². The Kier molecular flexibility index (Phi) is 3.01. The summed E-state index contributed by atoms with van der Waals surface area (Å²) in [6, 6.07) is 9.88. The van der Waals surface area contributed by atoms with Crippen molar-refractivity contribution in [2.45, 2.75) is 6.92 Å². The molecule has 2 rings (SSSR count). The van der Waals surface area contributed by atoms with Crippen LogP contribution in [0.4, 0.5) is 4.39 Å². The highest BCUT2D eigenvalue weighted by atomic mass is 19.1. The van der Waals surface area contributed by atoms with Crippen molar-refractivity contribution in [1.82, 2.24) is 4.98 Å². The molecular formula is C13H9FN2O. The summed E-state index contributed by atoms with van der Waals surface area (Å²) in [6.45, 7) is 1.86. The second-order valence-corrected chi connectivity index (χ2v) is 3.51. The number of benzene rings is 1.